The van der Waals surface area contributed by atoms with Crippen molar-refractivity contribution in [2.75, 3.05) is 12.4 Å². The van der Waals surface area contributed by atoms with Crippen molar-refractivity contribution < 1.29 is 13.2 Å². The molecule has 32 heavy (non-hydrogen) atoms. The van der Waals surface area contributed by atoms with Gasteiger partial charge in [-0.3, -0.25) is 4.57 Å². The van der Waals surface area contributed by atoms with Crippen LogP contribution in [0.5, 0.6) is 0 Å². The van der Waals surface area contributed by atoms with E-state index in [-0.39, 0.29) is 17.9 Å². The molecule has 4 fully saturated rings. The van der Waals surface area contributed by atoms with E-state index in [0.717, 1.165) is 41.4 Å². The molecule has 0 aliphatic heterocycles. The fourth-order valence-electron chi connectivity index (χ4n) is 7.57. The predicted molar refractivity (Wildman–Crippen MR) is 116 cm³/mol. The van der Waals surface area contributed by atoms with Gasteiger partial charge < -0.3 is 11.1 Å². The summed E-state index contributed by atoms with van der Waals surface area (Å²) >= 11 is 0. The zero-order chi connectivity index (χ0) is 22.4. The summed E-state index contributed by atoms with van der Waals surface area (Å²) in [7, 11) is 1.61. The first kappa shape index (κ1) is 20.1. The Balaban J connectivity index is 1.42. The molecule has 0 saturated heterocycles. The van der Waals surface area contributed by atoms with Gasteiger partial charge in [-0.15, -0.1) is 0 Å². The summed E-state index contributed by atoms with van der Waals surface area (Å²) in [5, 5.41) is 3.33. The van der Waals surface area contributed by atoms with Crippen LogP contribution in [0.1, 0.15) is 31.2 Å². The Bertz CT molecular complexity index is 1190. The maximum Gasteiger partial charge on any atom is 0.416 e. The van der Waals surface area contributed by atoms with Crippen LogP contribution in [0.25, 0.3) is 10.9 Å². The topological polar surface area (TPSA) is 72.9 Å². The first-order valence-corrected chi connectivity index (χ1v) is 11.5. The Morgan fingerprint density at radius 1 is 1.16 bits per heavy atom. The second kappa shape index (κ2) is 6.75. The monoisotopic (exact) mass is 444 g/mol. The maximum absolute atomic E-state index is 13.4. The van der Waals surface area contributed by atoms with E-state index in [2.05, 4.69) is 10.3 Å². The Morgan fingerprint density at radius 2 is 1.81 bits per heavy atom. The molecule has 4 saturated carbocycles. The number of hydrogen-bond acceptors (Lipinski definition) is 4. The summed E-state index contributed by atoms with van der Waals surface area (Å²) in [6, 6.07) is 3.48. The smallest absolute Gasteiger partial charge is 0.405 e. The van der Waals surface area contributed by atoms with E-state index >= 15 is 0 Å². The van der Waals surface area contributed by atoms with Crippen molar-refractivity contribution >= 4 is 16.7 Å². The number of rotatable bonds is 4. The van der Waals surface area contributed by atoms with Gasteiger partial charge in [-0.05, 0) is 97.1 Å². The van der Waals surface area contributed by atoms with Crippen LogP contribution in [0.3, 0.4) is 0 Å². The SMILES string of the molecule is CNc1nc(=O)n(C/C(=C/N)C2C3CCC3C3C4CCC4C23)c2cc(C(F)(F)F)ccc12. The van der Waals surface area contributed by atoms with Crippen LogP contribution in [0, 0.1) is 41.4 Å². The number of benzene rings is 1. The van der Waals surface area contributed by atoms with Crippen molar-refractivity contribution in [1.82, 2.24) is 9.55 Å². The van der Waals surface area contributed by atoms with Gasteiger partial charge in [0.1, 0.15) is 5.82 Å². The van der Waals surface area contributed by atoms with Crippen LogP contribution in [-0.2, 0) is 12.7 Å². The molecule has 170 valence electrons. The number of hydrogen-bond donors (Lipinski definition) is 2. The molecule has 5 nitrogen and oxygen atoms in total. The van der Waals surface area contributed by atoms with Crippen LogP contribution in [0.15, 0.2) is 34.8 Å². The highest BCUT2D eigenvalue weighted by atomic mass is 19.4. The molecule has 0 bridgehead atoms. The lowest BCUT2D eigenvalue weighted by Crippen LogP contribution is -2.54. The van der Waals surface area contributed by atoms with E-state index in [0.29, 0.717) is 23.1 Å². The lowest BCUT2D eigenvalue weighted by molar-refractivity contribution is -0.137. The Morgan fingerprint density at radius 3 is 2.41 bits per heavy atom. The highest BCUT2D eigenvalue weighted by molar-refractivity contribution is 5.89. The second-order valence-corrected chi connectivity index (χ2v) is 10.0. The Hall–Kier alpha value is -2.51. The molecular weight excluding hydrogens is 417 g/mol. The second-order valence-electron chi connectivity index (χ2n) is 10.0. The summed E-state index contributed by atoms with van der Waals surface area (Å²) in [6.07, 6.45) is 2.20. The molecule has 3 N–H and O–H groups in total. The molecule has 1 heterocycles. The summed E-state index contributed by atoms with van der Waals surface area (Å²) < 4.78 is 41.7. The number of fused-ring (bicyclic) bond motifs is 7. The Kier molecular flexibility index (Phi) is 4.24. The molecule has 2 aromatic rings. The number of alkyl halides is 3. The van der Waals surface area contributed by atoms with Crippen LogP contribution in [0.4, 0.5) is 19.0 Å². The summed E-state index contributed by atoms with van der Waals surface area (Å²) in [4.78, 5) is 17.1. The lowest BCUT2D eigenvalue weighted by atomic mass is 9.45. The number of aromatic nitrogens is 2. The summed E-state index contributed by atoms with van der Waals surface area (Å²) in [5.74, 6) is 5.01. The van der Waals surface area contributed by atoms with Gasteiger partial charge in [0.15, 0.2) is 0 Å². The van der Waals surface area contributed by atoms with Gasteiger partial charge in [0.05, 0.1) is 17.6 Å². The molecule has 7 atom stereocenters. The third kappa shape index (κ3) is 2.58. The molecule has 1 aromatic heterocycles. The van der Waals surface area contributed by atoms with E-state index in [9.17, 15) is 18.0 Å². The highest BCUT2D eigenvalue weighted by Gasteiger charge is 2.68. The minimum absolute atomic E-state index is 0.193. The molecule has 4 aliphatic rings. The molecule has 8 heteroatoms. The largest absolute Gasteiger partial charge is 0.416 e. The standard InChI is InChI=1S/C24H27F3N4O/c1-29-22-17-3-2-12(24(25,26)27)8-18(17)31(23(32)30-22)10-11(9-28)19-13-4-5-14(13)20-15-6-7-16(15)21(19)20/h2-3,8-9,13-16,19-21H,4-7,10,28H2,1H3,(H,29,30,32)/b11-9-. The number of nitrogens with zero attached hydrogens (tertiary/aromatic N) is 2. The van der Waals surface area contributed by atoms with Crippen molar-refractivity contribution in [2.24, 2.45) is 47.2 Å². The number of anilines is 1. The minimum atomic E-state index is -4.49. The molecule has 0 amide bonds. The van der Waals surface area contributed by atoms with E-state index in [1.807, 2.05) is 0 Å². The number of nitrogens with one attached hydrogen (secondary N) is 1. The average molecular weight is 445 g/mol. The van der Waals surface area contributed by atoms with Crippen molar-refractivity contribution in [3.05, 3.63) is 46.0 Å². The van der Waals surface area contributed by atoms with Gasteiger partial charge in [-0.25, -0.2) is 4.79 Å². The molecule has 6 rings (SSSR count). The molecule has 4 aliphatic carbocycles. The molecule has 1 aromatic carbocycles. The first-order valence-electron chi connectivity index (χ1n) is 11.5. The van der Waals surface area contributed by atoms with E-state index < -0.39 is 17.4 Å². The summed E-state index contributed by atoms with van der Waals surface area (Å²) in [6.45, 7) is 0.193. The number of halogens is 3. The van der Waals surface area contributed by atoms with Crippen molar-refractivity contribution in [3.63, 3.8) is 0 Å². The van der Waals surface area contributed by atoms with Crippen molar-refractivity contribution in [1.29, 1.82) is 0 Å². The highest BCUT2D eigenvalue weighted by Crippen LogP contribution is 2.74. The molecule has 0 spiro atoms. The fraction of sp³-hybridized carbons (Fsp3) is 0.583. The zero-order valence-corrected chi connectivity index (χ0v) is 17.9. The zero-order valence-electron chi connectivity index (χ0n) is 17.9. The third-order valence-electron chi connectivity index (χ3n) is 9.10. The molecule has 0 radical (unpaired) electrons. The first-order chi connectivity index (χ1) is 15.3. The molecule has 7 unspecified atom stereocenters. The van der Waals surface area contributed by atoms with Crippen LogP contribution in [0.2, 0.25) is 0 Å². The average Bonchev–Trinajstić information content (AvgIpc) is 2.90. The van der Waals surface area contributed by atoms with Crippen LogP contribution >= 0.6 is 0 Å². The fourth-order valence-corrected chi connectivity index (χ4v) is 7.57. The van der Waals surface area contributed by atoms with Crippen LogP contribution in [-0.4, -0.2) is 16.6 Å². The van der Waals surface area contributed by atoms with Gasteiger partial charge in [0, 0.05) is 12.4 Å². The summed E-state index contributed by atoms with van der Waals surface area (Å²) in [5.41, 5.74) is 6.00. The van der Waals surface area contributed by atoms with Gasteiger partial charge >= 0.3 is 11.9 Å². The number of nitrogens with two attached hydrogens (primary N) is 1. The van der Waals surface area contributed by atoms with Gasteiger partial charge in [-0.2, -0.15) is 18.2 Å². The third-order valence-corrected chi connectivity index (χ3v) is 9.10. The minimum Gasteiger partial charge on any atom is -0.405 e. The van der Waals surface area contributed by atoms with Crippen molar-refractivity contribution in [2.45, 2.75) is 38.4 Å². The van der Waals surface area contributed by atoms with E-state index in [1.165, 1.54) is 36.3 Å². The van der Waals surface area contributed by atoms with Gasteiger partial charge in [0.25, 0.3) is 0 Å². The Labute approximate surface area is 183 Å². The predicted octanol–water partition coefficient (Wildman–Crippen LogP) is 4.23. The van der Waals surface area contributed by atoms with E-state index in [4.69, 9.17) is 5.73 Å². The molecular formula is C24H27F3N4O. The quantitative estimate of drug-likeness (QED) is 0.740. The van der Waals surface area contributed by atoms with Crippen LogP contribution < -0.4 is 16.7 Å². The normalized spacial score (nSPS) is 35.2. The lowest BCUT2D eigenvalue weighted by Gasteiger charge is -2.60. The van der Waals surface area contributed by atoms with Gasteiger partial charge in [-0.1, -0.05) is 0 Å². The van der Waals surface area contributed by atoms with E-state index in [1.54, 1.807) is 13.2 Å². The number of allylic oxidation sites excluding steroid dienone is 1. The van der Waals surface area contributed by atoms with Crippen molar-refractivity contribution in [3.8, 4) is 0 Å². The maximum atomic E-state index is 13.4. The van der Waals surface area contributed by atoms with Gasteiger partial charge in [0.2, 0.25) is 0 Å².